The summed E-state index contributed by atoms with van der Waals surface area (Å²) in [6, 6.07) is 0. The summed E-state index contributed by atoms with van der Waals surface area (Å²) in [4.78, 5) is 0. The Morgan fingerprint density at radius 2 is 1.45 bits per heavy atom. The predicted molar refractivity (Wildman–Crippen MR) is 93.2 cm³/mol. The summed E-state index contributed by atoms with van der Waals surface area (Å²) in [5, 5.41) is 0. The molecule has 0 aromatic heterocycles. The zero-order valence-corrected chi connectivity index (χ0v) is 14.2. The van der Waals surface area contributed by atoms with Crippen molar-refractivity contribution < 1.29 is 9.47 Å². The Labute approximate surface area is 137 Å². The smallest absolute Gasteiger partial charge is 0.0821 e. The summed E-state index contributed by atoms with van der Waals surface area (Å²) in [5.74, 6) is 0. The van der Waals surface area contributed by atoms with Gasteiger partial charge < -0.3 is 9.47 Å². The standard InChI is InChI=1S/C20H34O2/c1-2-7-13-19-14-8-6-9-15-20(19)22-18-12-5-4-11-17-21-16-10-3-1/h7,13-14,20H,1-6,8-12,15-18H2/b13-7+. The summed E-state index contributed by atoms with van der Waals surface area (Å²) in [6.45, 7) is 2.80. The first kappa shape index (κ1) is 17.7. The molecule has 0 aromatic carbocycles. The van der Waals surface area contributed by atoms with Crippen molar-refractivity contribution in [3.63, 3.8) is 0 Å². The summed E-state index contributed by atoms with van der Waals surface area (Å²) < 4.78 is 11.9. The molecule has 0 N–H and O–H groups in total. The van der Waals surface area contributed by atoms with E-state index < -0.39 is 0 Å². The molecule has 0 saturated heterocycles. The van der Waals surface area contributed by atoms with E-state index in [4.69, 9.17) is 9.47 Å². The fourth-order valence-corrected chi connectivity index (χ4v) is 3.25. The van der Waals surface area contributed by atoms with Crippen molar-refractivity contribution in [3.05, 3.63) is 23.8 Å². The van der Waals surface area contributed by atoms with Crippen LogP contribution < -0.4 is 0 Å². The first-order valence-corrected chi connectivity index (χ1v) is 9.53. The van der Waals surface area contributed by atoms with Crippen molar-refractivity contribution in [2.75, 3.05) is 19.8 Å². The van der Waals surface area contributed by atoms with E-state index in [0.717, 1.165) is 19.8 Å². The van der Waals surface area contributed by atoms with Crippen LogP contribution in [0, 0.1) is 0 Å². The highest BCUT2D eigenvalue weighted by Crippen LogP contribution is 2.22. The highest BCUT2D eigenvalue weighted by molar-refractivity contribution is 5.24. The summed E-state index contributed by atoms with van der Waals surface area (Å²) in [6.07, 6.45) is 22.4. The Balaban J connectivity index is 1.84. The molecule has 2 heteroatoms. The third kappa shape index (κ3) is 7.60. The van der Waals surface area contributed by atoms with Crippen LogP contribution in [-0.4, -0.2) is 25.9 Å². The van der Waals surface area contributed by atoms with Crippen molar-refractivity contribution in [3.8, 4) is 0 Å². The average Bonchev–Trinajstić information content (AvgIpc) is 2.75. The summed E-state index contributed by atoms with van der Waals surface area (Å²) in [7, 11) is 0. The Bertz CT molecular complexity index is 333. The van der Waals surface area contributed by atoms with Crippen LogP contribution in [0.25, 0.3) is 0 Å². The predicted octanol–water partition coefficient (Wildman–Crippen LogP) is 5.58. The van der Waals surface area contributed by atoms with Crippen molar-refractivity contribution in [2.24, 2.45) is 0 Å². The van der Waals surface area contributed by atoms with E-state index in [2.05, 4.69) is 18.2 Å². The quantitative estimate of drug-likeness (QED) is 0.581. The number of allylic oxidation sites excluding steroid dienone is 2. The molecule has 126 valence electrons. The Morgan fingerprint density at radius 1 is 0.727 bits per heavy atom. The van der Waals surface area contributed by atoms with Crippen LogP contribution in [0.3, 0.4) is 0 Å². The van der Waals surface area contributed by atoms with Crippen LogP contribution in [-0.2, 0) is 9.47 Å². The molecule has 0 radical (unpaired) electrons. The third-order valence-corrected chi connectivity index (χ3v) is 4.64. The maximum Gasteiger partial charge on any atom is 0.0821 e. The lowest BCUT2D eigenvalue weighted by atomic mass is 10.1. The SMILES string of the molecule is C1=C2/C=C/CCCCCOCCCCCCOC2CCCC1. The van der Waals surface area contributed by atoms with Gasteiger partial charge in [-0.15, -0.1) is 0 Å². The van der Waals surface area contributed by atoms with Gasteiger partial charge in [0, 0.05) is 19.8 Å². The molecule has 0 saturated carbocycles. The van der Waals surface area contributed by atoms with Crippen molar-refractivity contribution >= 4 is 0 Å². The Morgan fingerprint density at radius 3 is 2.32 bits per heavy atom. The van der Waals surface area contributed by atoms with Gasteiger partial charge in [-0.1, -0.05) is 43.9 Å². The molecule has 0 fully saturated rings. The summed E-state index contributed by atoms with van der Waals surface area (Å²) >= 11 is 0. The molecule has 0 amide bonds. The van der Waals surface area contributed by atoms with Crippen LogP contribution in [0.2, 0.25) is 0 Å². The largest absolute Gasteiger partial charge is 0.381 e. The molecular weight excluding hydrogens is 272 g/mol. The van der Waals surface area contributed by atoms with Gasteiger partial charge in [0.25, 0.3) is 0 Å². The van der Waals surface area contributed by atoms with E-state index in [9.17, 15) is 0 Å². The molecule has 22 heavy (non-hydrogen) atoms. The monoisotopic (exact) mass is 306 g/mol. The topological polar surface area (TPSA) is 18.5 Å². The van der Waals surface area contributed by atoms with Gasteiger partial charge in [0.15, 0.2) is 0 Å². The molecular formula is C20H34O2. The van der Waals surface area contributed by atoms with Gasteiger partial charge in [-0.3, -0.25) is 0 Å². The Hall–Kier alpha value is -0.600. The van der Waals surface area contributed by atoms with Crippen LogP contribution in [0.5, 0.6) is 0 Å². The minimum Gasteiger partial charge on any atom is -0.381 e. The molecule has 1 aliphatic carbocycles. The molecule has 1 heterocycles. The van der Waals surface area contributed by atoms with Gasteiger partial charge in [-0.25, -0.2) is 0 Å². The average molecular weight is 306 g/mol. The van der Waals surface area contributed by atoms with Crippen molar-refractivity contribution in [2.45, 2.75) is 83.2 Å². The normalized spacial score (nSPS) is 28.7. The van der Waals surface area contributed by atoms with Gasteiger partial charge in [0.2, 0.25) is 0 Å². The third-order valence-electron chi connectivity index (χ3n) is 4.64. The number of hydrogen-bond acceptors (Lipinski definition) is 2. The number of hydrogen-bond donors (Lipinski definition) is 0. The molecule has 1 unspecified atom stereocenters. The van der Waals surface area contributed by atoms with E-state index in [1.165, 1.54) is 82.6 Å². The zero-order chi connectivity index (χ0) is 15.3. The molecule has 2 rings (SSSR count). The molecule has 0 bridgehead atoms. The highest BCUT2D eigenvalue weighted by Gasteiger charge is 2.15. The van der Waals surface area contributed by atoms with Gasteiger partial charge in [-0.05, 0) is 56.9 Å². The van der Waals surface area contributed by atoms with Crippen LogP contribution in [0.15, 0.2) is 23.8 Å². The molecule has 2 aliphatic rings. The molecule has 1 atom stereocenters. The first-order chi connectivity index (χ1) is 11.0. The van der Waals surface area contributed by atoms with E-state index in [1.54, 1.807) is 0 Å². The van der Waals surface area contributed by atoms with Gasteiger partial charge in [0.05, 0.1) is 6.10 Å². The fourth-order valence-electron chi connectivity index (χ4n) is 3.25. The zero-order valence-electron chi connectivity index (χ0n) is 14.2. The maximum atomic E-state index is 6.20. The second-order valence-electron chi connectivity index (χ2n) is 6.63. The number of fused-ring (bicyclic) bond motifs is 1. The van der Waals surface area contributed by atoms with E-state index in [0.29, 0.717) is 6.10 Å². The van der Waals surface area contributed by atoms with Crippen LogP contribution >= 0.6 is 0 Å². The highest BCUT2D eigenvalue weighted by atomic mass is 16.5. The van der Waals surface area contributed by atoms with E-state index in [1.807, 2.05) is 0 Å². The van der Waals surface area contributed by atoms with Gasteiger partial charge in [0.1, 0.15) is 0 Å². The minimum absolute atomic E-state index is 0.345. The van der Waals surface area contributed by atoms with E-state index >= 15 is 0 Å². The summed E-state index contributed by atoms with van der Waals surface area (Å²) in [5.41, 5.74) is 1.44. The lowest BCUT2D eigenvalue weighted by Crippen LogP contribution is -2.15. The van der Waals surface area contributed by atoms with Gasteiger partial charge in [-0.2, -0.15) is 0 Å². The molecule has 0 aromatic rings. The Kier molecular flexibility index (Phi) is 9.60. The molecule has 1 aliphatic heterocycles. The second kappa shape index (κ2) is 11.9. The second-order valence-corrected chi connectivity index (χ2v) is 6.63. The van der Waals surface area contributed by atoms with Crippen LogP contribution in [0.1, 0.15) is 77.0 Å². The fraction of sp³-hybridized carbons (Fsp3) is 0.800. The molecule has 2 nitrogen and oxygen atoms in total. The molecule has 0 spiro atoms. The first-order valence-electron chi connectivity index (χ1n) is 9.53. The van der Waals surface area contributed by atoms with Gasteiger partial charge >= 0.3 is 0 Å². The van der Waals surface area contributed by atoms with Crippen molar-refractivity contribution in [1.29, 1.82) is 0 Å². The lowest BCUT2D eigenvalue weighted by Gasteiger charge is -2.18. The number of rotatable bonds is 0. The number of ether oxygens (including phenoxy) is 2. The lowest BCUT2D eigenvalue weighted by molar-refractivity contribution is 0.0698. The van der Waals surface area contributed by atoms with E-state index in [-0.39, 0.29) is 0 Å². The van der Waals surface area contributed by atoms with Crippen molar-refractivity contribution in [1.82, 2.24) is 0 Å². The minimum atomic E-state index is 0.345. The van der Waals surface area contributed by atoms with Crippen LogP contribution in [0.4, 0.5) is 0 Å². The maximum absolute atomic E-state index is 6.20.